The van der Waals surface area contributed by atoms with E-state index in [-0.39, 0.29) is 5.57 Å². The van der Waals surface area contributed by atoms with E-state index in [2.05, 4.69) is 15.6 Å². The minimum atomic E-state index is -0.447. The zero-order chi connectivity index (χ0) is 17.0. The van der Waals surface area contributed by atoms with E-state index in [1.807, 2.05) is 52.0 Å². The molecule has 1 amide bonds. The van der Waals surface area contributed by atoms with Gasteiger partial charge in [0.2, 0.25) is 0 Å². The summed E-state index contributed by atoms with van der Waals surface area (Å²) in [6.45, 7) is 7.79. The number of carbonyl (C=O) groups is 1. The molecular weight excluding hydrogens is 308 g/mol. The van der Waals surface area contributed by atoms with Crippen LogP contribution in [0.5, 0.6) is 0 Å². The molecule has 0 saturated carbocycles. The first-order valence-electron chi connectivity index (χ1n) is 7.10. The zero-order valence-electron chi connectivity index (χ0n) is 13.5. The predicted octanol–water partition coefficient (Wildman–Crippen LogP) is 3.83. The summed E-state index contributed by atoms with van der Waals surface area (Å²) >= 11 is 1.48. The number of amides is 1. The molecule has 0 spiro atoms. The number of hydrogen-bond donors (Lipinski definition) is 2. The van der Waals surface area contributed by atoms with Crippen molar-refractivity contribution >= 4 is 28.1 Å². The number of nitriles is 1. The van der Waals surface area contributed by atoms with Crippen molar-refractivity contribution in [3.05, 3.63) is 51.7 Å². The lowest BCUT2D eigenvalue weighted by Crippen LogP contribution is -2.15. The number of nitrogens with one attached hydrogen (secondary N) is 2. The smallest absolute Gasteiger partial charge is 0.267 e. The van der Waals surface area contributed by atoms with Crippen LogP contribution in [0.3, 0.4) is 0 Å². The lowest BCUT2D eigenvalue weighted by molar-refractivity contribution is -0.112. The molecule has 0 aliphatic carbocycles. The van der Waals surface area contributed by atoms with E-state index in [4.69, 9.17) is 0 Å². The zero-order valence-corrected chi connectivity index (χ0v) is 14.3. The largest absolute Gasteiger partial charge is 0.337 e. The van der Waals surface area contributed by atoms with Gasteiger partial charge in [-0.25, -0.2) is 4.98 Å². The van der Waals surface area contributed by atoms with Gasteiger partial charge in [0.1, 0.15) is 11.6 Å². The molecule has 23 heavy (non-hydrogen) atoms. The van der Waals surface area contributed by atoms with Gasteiger partial charge in [-0.2, -0.15) is 5.26 Å². The number of hydrogen-bond acceptors (Lipinski definition) is 5. The van der Waals surface area contributed by atoms with Crippen molar-refractivity contribution in [2.45, 2.75) is 27.7 Å². The van der Waals surface area contributed by atoms with Gasteiger partial charge < -0.3 is 10.6 Å². The number of carbonyl (C=O) groups excluding carboxylic acids is 1. The van der Waals surface area contributed by atoms with Crippen molar-refractivity contribution in [3.8, 4) is 6.07 Å². The second kappa shape index (κ2) is 7.07. The summed E-state index contributed by atoms with van der Waals surface area (Å²) in [4.78, 5) is 17.6. The summed E-state index contributed by atoms with van der Waals surface area (Å²) < 4.78 is 0. The Hall–Kier alpha value is -2.65. The van der Waals surface area contributed by atoms with Crippen molar-refractivity contribution in [1.82, 2.24) is 4.98 Å². The number of rotatable bonds is 4. The van der Waals surface area contributed by atoms with E-state index >= 15 is 0 Å². The molecule has 1 aromatic carbocycles. The van der Waals surface area contributed by atoms with Crippen LogP contribution in [0.2, 0.25) is 0 Å². The highest BCUT2D eigenvalue weighted by molar-refractivity contribution is 7.15. The molecule has 0 unspecified atom stereocenters. The lowest BCUT2D eigenvalue weighted by atomic mass is 10.1. The number of aryl methyl sites for hydroxylation is 4. The minimum Gasteiger partial charge on any atom is -0.337 e. The molecule has 118 valence electrons. The Morgan fingerprint density at radius 2 is 2.04 bits per heavy atom. The average Bonchev–Trinajstić information content (AvgIpc) is 2.81. The summed E-state index contributed by atoms with van der Waals surface area (Å²) in [6, 6.07) is 7.63. The van der Waals surface area contributed by atoms with Crippen molar-refractivity contribution in [2.75, 3.05) is 10.6 Å². The molecule has 2 rings (SSSR count). The van der Waals surface area contributed by atoms with Crippen molar-refractivity contribution in [2.24, 2.45) is 0 Å². The minimum absolute atomic E-state index is 0.00418. The number of anilines is 2. The van der Waals surface area contributed by atoms with E-state index in [1.54, 1.807) is 0 Å². The van der Waals surface area contributed by atoms with Crippen LogP contribution in [-0.2, 0) is 4.79 Å². The molecule has 0 radical (unpaired) electrons. The monoisotopic (exact) mass is 326 g/mol. The van der Waals surface area contributed by atoms with Crippen molar-refractivity contribution in [1.29, 1.82) is 5.26 Å². The molecule has 1 aromatic heterocycles. The first-order valence-corrected chi connectivity index (χ1v) is 7.92. The molecule has 5 nitrogen and oxygen atoms in total. The molecule has 0 saturated heterocycles. The van der Waals surface area contributed by atoms with E-state index in [0.717, 1.165) is 21.7 Å². The fourth-order valence-electron chi connectivity index (χ4n) is 1.96. The Bertz CT molecular complexity index is 795. The highest BCUT2D eigenvalue weighted by atomic mass is 32.1. The second-order valence-electron chi connectivity index (χ2n) is 5.25. The molecule has 0 atom stereocenters. The Kier molecular flexibility index (Phi) is 5.14. The molecule has 2 N–H and O–H groups in total. The number of aromatic nitrogens is 1. The normalized spacial score (nSPS) is 11.0. The van der Waals surface area contributed by atoms with E-state index in [0.29, 0.717) is 10.8 Å². The van der Waals surface area contributed by atoms with Gasteiger partial charge in [0.15, 0.2) is 5.13 Å². The van der Waals surface area contributed by atoms with Crippen LogP contribution in [-0.4, -0.2) is 10.9 Å². The SMILES string of the molecule is Cc1ccc(NC(=O)/C(C#N)=C\Nc2nc(C)c(C)s2)c(C)c1. The maximum atomic E-state index is 12.2. The molecule has 0 aliphatic heterocycles. The third kappa shape index (κ3) is 4.18. The van der Waals surface area contributed by atoms with Gasteiger partial charge in [-0.05, 0) is 39.3 Å². The van der Waals surface area contributed by atoms with Crippen LogP contribution in [0.15, 0.2) is 30.0 Å². The average molecular weight is 326 g/mol. The van der Waals surface area contributed by atoms with Crippen LogP contribution < -0.4 is 10.6 Å². The summed E-state index contributed by atoms with van der Waals surface area (Å²) in [6.07, 6.45) is 1.39. The summed E-state index contributed by atoms with van der Waals surface area (Å²) in [5, 5.41) is 15.5. The third-order valence-electron chi connectivity index (χ3n) is 3.36. The van der Waals surface area contributed by atoms with Crippen LogP contribution in [0, 0.1) is 39.0 Å². The van der Waals surface area contributed by atoms with Crippen LogP contribution in [0.1, 0.15) is 21.7 Å². The van der Waals surface area contributed by atoms with Crippen molar-refractivity contribution < 1.29 is 4.79 Å². The molecule has 0 aliphatic rings. The topological polar surface area (TPSA) is 77.8 Å². The molecule has 6 heteroatoms. The fraction of sp³-hybridized carbons (Fsp3) is 0.235. The molecule has 0 bridgehead atoms. The molecule has 1 heterocycles. The van der Waals surface area contributed by atoms with E-state index in [1.165, 1.54) is 17.5 Å². The molecule has 2 aromatic rings. The predicted molar refractivity (Wildman–Crippen MR) is 93.5 cm³/mol. The lowest BCUT2D eigenvalue weighted by Gasteiger charge is -2.08. The van der Waals surface area contributed by atoms with Gasteiger partial charge in [0.25, 0.3) is 5.91 Å². The van der Waals surface area contributed by atoms with Crippen LogP contribution >= 0.6 is 11.3 Å². The van der Waals surface area contributed by atoms with E-state index in [9.17, 15) is 10.1 Å². The van der Waals surface area contributed by atoms with Crippen LogP contribution in [0.4, 0.5) is 10.8 Å². The Morgan fingerprint density at radius 3 is 2.61 bits per heavy atom. The molecule has 0 fully saturated rings. The number of benzene rings is 1. The first-order chi connectivity index (χ1) is 10.9. The van der Waals surface area contributed by atoms with Gasteiger partial charge in [0.05, 0.1) is 5.69 Å². The Labute approximate surface area is 139 Å². The fourth-order valence-corrected chi connectivity index (χ4v) is 2.74. The number of thiazole rings is 1. The van der Waals surface area contributed by atoms with Crippen molar-refractivity contribution in [3.63, 3.8) is 0 Å². The van der Waals surface area contributed by atoms with Gasteiger partial charge >= 0.3 is 0 Å². The maximum Gasteiger partial charge on any atom is 0.267 e. The standard InChI is InChI=1S/C17H18N4OS/c1-10-5-6-15(11(2)7-10)21-16(22)14(8-18)9-19-17-20-12(3)13(4)23-17/h5-7,9H,1-4H3,(H,19,20)(H,21,22)/b14-9-. The Morgan fingerprint density at radius 1 is 1.30 bits per heavy atom. The van der Waals surface area contributed by atoms with Gasteiger partial charge in [-0.3, -0.25) is 4.79 Å². The summed E-state index contributed by atoms with van der Waals surface area (Å²) in [5.74, 6) is -0.447. The first kappa shape index (κ1) is 16.7. The summed E-state index contributed by atoms with van der Waals surface area (Å²) in [7, 11) is 0. The van der Waals surface area contributed by atoms with Gasteiger partial charge in [-0.15, -0.1) is 11.3 Å². The maximum absolute atomic E-state index is 12.2. The summed E-state index contributed by atoms with van der Waals surface area (Å²) in [5.41, 5.74) is 3.70. The van der Waals surface area contributed by atoms with E-state index < -0.39 is 5.91 Å². The Balaban J connectivity index is 2.12. The highest BCUT2D eigenvalue weighted by Gasteiger charge is 2.11. The van der Waals surface area contributed by atoms with Gasteiger partial charge in [0, 0.05) is 16.8 Å². The van der Waals surface area contributed by atoms with Crippen LogP contribution in [0.25, 0.3) is 0 Å². The quantitative estimate of drug-likeness (QED) is 0.661. The molecular formula is C17H18N4OS. The second-order valence-corrected chi connectivity index (χ2v) is 6.45. The third-order valence-corrected chi connectivity index (χ3v) is 4.37. The highest BCUT2D eigenvalue weighted by Crippen LogP contribution is 2.21. The number of nitrogens with zero attached hydrogens (tertiary/aromatic N) is 2. The van der Waals surface area contributed by atoms with Gasteiger partial charge in [-0.1, -0.05) is 17.7 Å².